The maximum Gasteiger partial charge on any atom is 0.347 e. The fourth-order valence-electron chi connectivity index (χ4n) is 4.06. The van der Waals surface area contributed by atoms with Crippen LogP contribution in [0.25, 0.3) is 0 Å². The Kier molecular flexibility index (Phi) is 10.1. The Hall–Kier alpha value is -3.04. The molecule has 216 valence electrons. The van der Waals surface area contributed by atoms with E-state index in [-0.39, 0.29) is 18.8 Å². The lowest BCUT2D eigenvalue weighted by Crippen LogP contribution is -2.44. The van der Waals surface area contributed by atoms with Crippen molar-refractivity contribution in [2.75, 3.05) is 26.1 Å². The zero-order chi connectivity index (χ0) is 28.8. The average Bonchev–Trinajstić information content (AvgIpc) is 3.35. The number of benzene rings is 1. The van der Waals surface area contributed by atoms with E-state index in [1.54, 1.807) is 58.0 Å². The maximum absolute atomic E-state index is 12.5. The molecular weight excluding hydrogens is 538 g/mol. The van der Waals surface area contributed by atoms with Crippen LogP contribution in [0.15, 0.2) is 42.1 Å². The van der Waals surface area contributed by atoms with Crippen molar-refractivity contribution in [3.05, 3.63) is 47.7 Å². The van der Waals surface area contributed by atoms with E-state index < -0.39 is 76.6 Å². The lowest BCUT2D eigenvalue weighted by Gasteiger charge is -2.28. The molecule has 2 saturated heterocycles. The number of carbonyl (C=O) groups excluding carboxylic acids is 3. The van der Waals surface area contributed by atoms with Crippen molar-refractivity contribution in [1.29, 1.82) is 0 Å². The zero-order valence-electron chi connectivity index (χ0n) is 22.3. The number of esters is 3. The number of hydrogen-bond donors (Lipinski definition) is 1. The first-order valence-electron chi connectivity index (χ1n) is 12.3. The number of hydrogen-bond acceptors (Lipinski definition) is 13. The number of ether oxygens (including phenoxy) is 6. The Morgan fingerprint density at radius 1 is 1.00 bits per heavy atom. The fourth-order valence-corrected chi connectivity index (χ4v) is 4.68. The molecule has 14 heteroatoms. The second-order valence-electron chi connectivity index (χ2n) is 9.05. The average molecular weight is 572 g/mol. The lowest BCUT2D eigenvalue weighted by molar-refractivity contribution is -0.199. The van der Waals surface area contributed by atoms with Crippen molar-refractivity contribution in [2.45, 2.75) is 64.1 Å². The summed E-state index contributed by atoms with van der Waals surface area (Å²) in [5.74, 6) is -3.61. The number of rotatable bonds is 12. The molecule has 13 nitrogen and oxygen atoms in total. The molecular formula is C25H33NO12S. The number of carbonyl (C=O) groups is 3. The summed E-state index contributed by atoms with van der Waals surface area (Å²) in [5.41, 5.74) is -0.154. The smallest absolute Gasteiger partial charge is 0.347 e. The third-order valence-electron chi connectivity index (χ3n) is 5.53. The fraction of sp³-hybridized carbons (Fsp3) is 0.560. The standard InChI is InChI=1S/C25H33NO12S/c1-6-32-23(28)16(24(29)33-7-2)13-26-21-20-19(36-25(3,4)37-20)18(35-21)17(38-39(5,30)31)14-34-22(27)15-11-9-8-10-12-15/h8-13,17-21,26H,6-7,14H2,1-5H3/t17-,18-,19+,20+,21-/m1/s1. The van der Waals surface area contributed by atoms with Gasteiger partial charge in [-0.1, -0.05) is 18.2 Å². The third-order valence-corrected chi connectivity index (χ3v) is 6.12. The summed E-state index contributed by atoms with van der Waals surface area (Å²) in [7, 11) is -4.03. The Labute approximate surface area is 226 Å². The molecule has 0 amide bonds. The molecule has 5 atom stereocenters. The molecule has 1 N–H and O–H groups in total. The van der Waals surface area contributed by atoms with Crippen molar-refractivity contribution >= 4 is 28.0 Å². The molecule has 0 spiro atoms. The minimum atomic E-state index is -4.03. The van der Waals surface area contributed by atoms with Gasteiger partial charge in [0.2, 0.25) is 0 Å². The highest BCUT2D eigenvalue weighted by Crippen LogP contribution is 2.40. The van der Waals surface area contributed by atoms with Gasteiger partial charge in [0.05, 0.1) is 25.0 Å². The molecule has 2 aliphatic heterocycles. The van der Waals surface area contributed by atoms with Crippen molar-refractivity contribution in [3.63, 3.8) is 0 Å². The van der Waals surface area contributed by atoms with Gasteiger partial charge in [-0.3, -0.25) is 4.18 Å². The minimum Gasteiger partial charge on any atom is -0.462 e. The first-order chi connectivity index (χ1) is 18.3. The molecule has 0 aromatic heterocycles. The molecule has 0 aliphatic carbocycles. The molecule has 0 radical (unpaired) electrons. The van der Waals surface area contributed by atoms with E-state index in [0.29, 0.717) is 0 Å². The van der Waals surface area contributed by atoms with Gasteiger partial charge in [-0.05, 0) is 39.8 Å². The largest absolute Gasteiger partial charge is 0.462 e. The molecule has 2 heterocycles. The summed E-state index contributed by atoms with van der Waals surface area (Å²) in [6.45, 7) is 6.04. The van der Waals surface area contributed by atoms with Crippen molar-refractivity contribution in [3.8, 4) is 0 Å². The van der Waals surface area contributed by atoms with Crippen LogP contribution in [0.2, 0.25) is 0 Å². The summed E-state index contributed by atoms with van der Waals surface area (Å²) < 4.78 is 62.5. The van der Waals surface area contributed by atoms with Gasteiger partial charge < -0.3 is 33.7 Å². The number of fused-ring (bicyclic) bond motifs is 1. The van der Waals surface area contributed by atoms with Crippen LogP contribution in [0.5, 0.6) is 0 Å². The summed E-state index contributed by atoms with van der Waals surface area (Å²) in [4.78, 5) is 37.2. The van der Waals surface area contributed by atoms with Crippen molar-refractivity contribution < 1.29 is 55.4 Å². The molecule has 0 bridgehead atoms. The molecule has 39 heavy (non-hydrogen) atoms. The number of nitrogens with one attached hydrogen (secondary N) is 1. The minimum absolute atomic E-state index is 0.0274. The molecule has 2 fully saturated rings. The summed E-state index contributed by atoms with van der Waals surface area (Å²) in [6, 6.07) is 8.13. The Morgan fingerprint density at radius 2 is 1.59 bits per heavy atom. The predicted molar refractivity (Wildman–Crippen MR) is 133 cm³/mol. The van der Waals surface area contributed by atoms with Gasteiger partial charge in [0, 0.05) is 6.20 Å². The molecule has 2 aliphatic rings. The predicted octanol–water partition coefficient (Wildman–Crippen LogP) is 1.03. The van der Waals surface area contributed by atoms with E-state index in [1.165, 1.54) is 0 Å². The SMILES string of the molecule is CCOC(=O)C(=CN[C@@H]1O[C@H]([C@@H](COC(=O)c2ccccc2)OS(C)(=O)=O)[C@@H]2OC(C)(C)O[C@@H]21)C(=O)OCC. The van der Waals surface area contributed by atoms with E-state index in [9.17, 15) is 22.8 Å². The second-order valence-corrected chi connectivity index (χ2v) is 10.7. The molecule has 3 rings (SSSR count). The normalized spacial score (nSPS) is 24.2. The Bertz CT molecular complexity index is 1150. The lowest BCUT2D eigenvalue weighted by atomic mass is 10.1. The topological polar surface area (TPSA) is 162 Å². The monoisotopic (exact) mass is 571 g/mol. The van der Waals surface area contributed by atoms with E-state index in [0.717, 1.165) is 12.5 Å². The van der Waals surface area contributed by atoms with Crippen LogP contribution in [0.3, 0.4) is 0 Å². The van der Waals surface area contributed by atoms with Crippen molar-refractivity contribution in [1.82, 2.24) is 5.32 Å². The van der Waals surface area contributed by atoms with Gasteiger partial charge in [0.15, 0.2) is 17.6 Å². The second kappa shape index (κ2) is 12.9. The highest BCUT2D eigenvalue weighted by molar-refractivity contribution is 7.86. The zero-order valence-corrected chi connectivity index (χ0v) is 23.1. The van der Waals surface area contributed by atoms with Gasteiger partial charge in [0.25, 0.3) is 10.1 Å². The molecule has 1 aromatic rings. The molecule has 0 unspecified atom stereocenters. The maximum atomic E-state index is 12.5. The highest BCUT2D eigenvalue weighted by Gasteiger charge is 2.58. The van der Waals surface area contributed by atoms with Crippen LogP contribution in [0.4, 0.5) is 0 Å². The Balaban J connectivity index is 1.85. The van der Waals surface area contributed by atoms with Crippen LogP contribution in [-0.4, -0.2) is 88.8 Å². The molecule has 1 aromatic carbocycles. The van der Waals surface area contributed by atoms with Gasteiger partial charge in [-0.15, -0.1) is 0 Å². The molecule has 0 saturated carbocycles. The van der Waals surface area contributed by atoms with Crippen LogP contribution < -0.4 is 5.32 Å². The summed E-state index contributed by atoms with van der Waals surface area (Å²) in [6.07, 6.45) is -3.22. The van der Waals surface area contributed by atoms with Crippen LogP contribution in [-0.2, 0) is 52.3 Å². The van der Waals surface area contributed by atoms with E-state index in [4.69, 9.17) is 32.6 Å². The van der Waals surface area contributed by atoms with E-state index >= 15 is 0 Å². The van der Waals surface area contributed by atoms with Gasteiger partial charge in [-0.2, -0.15) is 8.42 Å². The van der Waals surface area contributed by atoms with Crippen molar-refractivity contribution in [2.24, 2.45) is 0 Å². The first-order valence-corrected chi connectivity index (χ1v) is 14.1. The van der Waals surface area contributed by atoms with Gasteiger partial charge in [-0.25, -0.2) is 14.4 Å². The summed E-state index contributed by atoms with van der Waals surface area (Å²) >= 11 is 0. The van der Waals surface area contributed by atoms with Crippen LogP contribution in [0, 0.1) is 0 Å². The van der Waals surface area contributed by atoms with E-state index in [1.807, 2.05) is 0 Å². The highest BCUT2D eigenvalue weighted by atomic mass is 32.2. The van der Waals surface area contributed by atoms with Crippen LogP contribution >= 0.6 is 0 Å². The van der Waals surface area contributed by atoms with E-state index in [2.05, 4.69) is 5.32 Å². The third kappa shape index (κ3) is 8.22. The quantitative estimate of drug-likeness (QED) is 0.0946. The Morgan fingerprint density at radius 3 is 2.15 bits per heavy atom. The summed E-state index contributed by atoms with van der Waals surface area (Å²) in [5, 5.41) is 2.80. The first kappa shape index (κ1) is 30.5. The van der Waals surface area contributed by atoms with Crippen LogP contribution in [0.1, 0.15) is 38.1 Å². The van der Waals surface area contributed by atoms with Gasteiger partial charge >= 0.3 is 17.9 Å². The van der Waals surface area contributed by atoms with Gasteiger partial charge in [0.1, 0.15) is 31.0 Å².